The largest absolute Gasteiger partial charge is 0.452 e. The first-order chi connectivity index (χ1) is 11.2. The van der Waals surface area contributed by atoms with E-state index in [0.29, 0.717) is 5.02 Å². The molecule has 0 heterocycles. The van der Waals surface area contributed by atoms with Crippen LogP contribution in [-0.2, 0) is 14.3 Å². The lowest BCUT2D eigenvalue weighted by Crippen LogP contribution is -2.46. The molecule has 0 saturated heterocycles. The Bertz CT molecular complexity index is 592. The Morgan fingerprint density at radius 3 is 2.21 bits per heavy atom. The Kier molecular flexibility index (Phi) is 8.07. The average molecular weight is 373 g/mol. The zero-order valence-corrected chi connectivity index (χ0v) is 15.5. The van der Waals surface area contributed by atoms with Gasteiger partial charge in [-0.2, -0.15) is 0 Å². The van der Waals surface area contributed by atoms with Gasteiger partial charge in [-0.05, 0) is 52.0 Å². The van der Waals surface area contributed by atoms with Crippen LogP contribution in [0.25, 0.3) is 0 Å². The van der Waals surface area contributed by atoms with Crippen molar-refractivity contribution in [2.75, 3.05) is 0 Å². The minimum atomic E-state index is -1.07. The van der Waals surface area contributed by atoms with Crippen LogP contribution in [0.3, 0.4) is 0 Å². The fourth-order valence-corrected chi connectivity index (χ4v) is 2.58. The number of hydrogen-bond acceptors (Lipinski definition) is 5. The van der Waals surface area contributed by atoms with Crippen LogP contribution in [-0.4, -0.2) is 35.3 Å². The fraction of sp³-hybridized carbons (Fsp3) is 0.438. The molecule has 0 spiro atoms. The van der Waals surface area contributed by atoms with E-state index in [9.17, 15) is 14.4 Å². The van der Waals surface area contributed by atoms with Crippen LogP contribution < -0.4 is 10.6 Å². The summed E-state index contributed by atoms with van der Waals surface area (Å²) in [7, 11) is 0. The van der Waals surface area contributed by atoms with Crippen molar-refractivity contribution in [3.63, 3.8) is 0 Å². The van der Waals surface area contributed by atoms with Crippen LogP contribution in [0.15, 0.2) is 29.2 Å². The Labute approximate surface area is 150 Å². The van der Waals surface area contributed by atoms with Crippen LogP contribution in [0, 0.1) is 0 Å². The second kappa shape index (κ2) is 9.54. The summed E-state index contributed by atoms with van der Waals surface area (Å²) in [6, 6.07) is 6.32. The highest BCUT2D eigenvalue weighted by molar-refractivity contribution is 8.00. The number of urea groups is 1. The number of thioether (sulfide) groups is 1. The summed E-state index contributed by atoms with van der Waals surface area (Å²) in [4.78, 5) is 36.2. The molecular formula is C16H21ClN2O4S. The van der Waals surface area contributed by atoms with Gasteiger partial charge in [-0.1, -0.05) is 11.6 Å². The molecule has 3 amide bonds. The van der Waals surface area contributed by atoms with Gasteiger partial charge in [0.2, 0.25) is 0 Å². The Morgan fingerprint density at radius 1 is 1.08 bits per heavy atom. The van der Waals surface area contributed by atoms with Crippen molar-refractivity contribution in [2.24, 2.45) is 0 Å². The molecule has 0 fully saturated rings. The molecule has 1 rings (SSSR count). The van der Waals surface area contributed by atoms with Crippen LogP contribution in [0.4, 0.5) is 4.79 Å². The summed E-state index contributed by atoms with van der Waals surface area (Å²) in [6.07, 6.45) is -1.07. The first-order valence-electron chi connectivity index (χ1n) is 7.43. The summed E-state index contributed by atoms with van der Waals surface area (Å²) < 4.78 is 5.10. The van der Waals surface area contributed by atoms with Crippen molar-refractivity contribution in [2.45, 2.75) is 50.0 Å². The zero-order valence-electron chi connectivity index (χ0n) is 14.0. The quantitative estimate of drug-likeness (QED) is 0.592. The van der Waals surface area contributed by atoms with E-state index in [1.807, 2.05) is 0 Å². The van der Waals surface area contributed by atoms with Crippen molar-refractivity contribution in [1.29, 1.82) is 0 Å². The zero-order chi connectivity index (χ0) is 18.3. The molecule has 1 aromatic rings. The van der Waals surface area contributed by atoms with Crippen LogP contribution >= 0.6 is 23.4 Å². The number of benzene rings is 1. The summed E-state index contributed by atoms with van der Waals surface area (Å²) in [6.45, 7) is 6.62. The molecule has 132 valence electrons. The average Bonchev–Trinajstić information content (AvgIpc) is 2.48. The van der Waals surface area contributed by atoms with Gasteiger partial charge in [0.1, 0.15) is 5.25 Å². The van der Waals surface area contributed by atoms with Crippen molar-refractivity contribution in [1.82, 2.24) is 10.6 Å². The smallest absolute Gasteiger partial charge is 0.321 e. The van der Waals surface area contributed by atoms with Crippen molar-refractivity contribution < 1.29 is 19.1 Å². The number of hydrogen-bond donors (Lipinski definition) is 2. The highest BCUT2D eigenvalue weighted by Crippen LogP contribution is 2.25. The molecule has 0 aliphatic rings. The predicted octanol–water partition coefficient (Wildman–Crippen LogP) is 2.99. The number of ether oxygens (including phenoxy) is 1. The third-order valence-electron chi connectivity index (χ3n) is 2.78. The van der Waals surface area contributed by atoms with E-state index in [2.05, 4.69) is 10.6 Å². The second-order valence-electron chi connectivity index (χ2n) is 5.41. The molecule has 6 nitrogen and oxygen atoms in total. The lowest BCUT2D eigenvalue weighted by Gasteiger charge is -2.17. The Hall–Kier alpha value is -1.73. The van der Waals surface area contributed by atoms with Gasteiger partial charge in [-0.15, -0.1) is 11.8 Å². The van der Waals surface area contributed by atoms with Crippen LogP contribution in [0.2, 0.25) is 5.02 Å². The molecule has 0 radical (unpaired) electrons. The van der Waals surface area contributed by atoms with Gasteiger partial charge in [0.15, 0.2) is 6.10 Å². The minimum Gasteiger partial charge on any atom is -0.452 e. The molecule has 0 aromatic heterocycles. The Balaban J connectivity index is 2.48. The maximum Gasteiger partial charge on any atom is 0.321 e. The fourth-order valence-electron chi connectivity index (χ4n) is 1.60. The molecule has 0 unspecified atom stereocenters. The van der Waals surface area contributed by atoms with E-state index >= 15 is 0 Å². The predicted molar refractivity (Wildman–Crippen MR) is 94.1 cm³/mol. The first-order valence-corrected chi connectivity index (χ1v) is 8.69. The molecule has 2 N–H and O–H groups in total. The standard InChI is InChI=1S/C16H21ClN2O4S/c1-9(2)18-16(22)19-14(20)10(3)23-15(21)11(4)24-13-7-5-12(17)6-8-13/h5-11H,1-4H3,(H2,18,19,20,22)/t10-,11+/m0/s1. The summed E-state index contributed by atoms with van der Waals surface area (Å²) in [5, 5.41) is 4.74. The van der Waals surface area contributed by atoms with E-state index in [1.54, 1.807) is 45.0 Å². The SMILES string of the molecule is CC(C)NC(=O)NC(=O)[C@H](C)OC(=O)[C@@H](C)Sc1ccc(Cl)cc1. The summed E-state index contributed by atoms with van der Waals surface area (Å²) >= 11 is 7.10. The van der Waals surface area contributed by atoms with Crippen LogP contribution in [0.1, 0.15) is 27.7 Å². The van der Waals surface area contributed by atoms with E-state index in [0.717, 1.165) is 4.90 Å². The third-order valence-corrected chi connectivity index (χ3v) is 4.12. The van der Waals surface area contributed by atoms with Gasteiger partial charge >= 0.3 is 12.0 Å². The van der Waals surface area contributed by atoms with Gasteiger partial charge in [0.05, 0.1) is 0 Å². The molecule has 2 atom stereocenters. The normalized spacial score (nSPS) is 13.1. The maximum absolute atomic E-state index is 12.0. The van der Waals surface area contributed by atoms with E-state index in [1.165, 1.54) is 18.7 Å². The van der Waals surface area contributed by atoms with Crippen molar-refractivity contribution >= 4 is 41.3 Å². The van der Waals surface area contributed by atoms with E-state index in [-0.39, 0.29) is 6.04 Å². The molecular weight excluding hydrogens is 352 g/mol. The van der Waals surface area contributed by atoms with Gasteiger partial charge in [-0.3, -0.25) is 14.9 Å². The summed E-state index contributed by atoms with van der Waals surface area (Å²) in [5.41, 5.74) is 0. The molecule has 0 bridgehead atoms. The van der Waals surface area contributed by atoms with Gasteiger partial charge in [-0.25, -0.2) is 4.79 Å². The lowest BCUT2D eigenvalue weighted by atomic mass is 10.3. The van der Waals surface area contributed by atoms with Crippen molar-refractivity contribution in [3.05, 3.63) is 29.3 Å². The third kappa shape index (κ3) is 7.23. The molecule has 1 aromatic carbocycles. The lowest BCUT2D eigenvalue weighted by molar-refractivity contribution is -0.153. The number of amides is 3. The van der Waals surface area contributed by atoms with Gasteiger partial charge in [0.25, 0.3) is 5.91 Å². The highest BCUT2D eigenvalue weighted by Gasteiger charge is 2.24. The number of esters is 1. The van der Waals surface area contributed by atoms with E-state index in [4.69, 9.17) is 16.3 Å². The second-order valence-corrected chi connectivity index (χ2v) is 7.26. The van der Waals surface area contributed by atoms with Crippen LogP contribution in [0.5, 0.6) is 0 Å². The minimum absolute atomic E-state index is 0.105. The number of carbonyl (C=O) groups excluding carboxylic acids is 3. The number of imide groups is 1. The number of carbonyl (C=O) groups is 3. The number of rotatable bonds is 6. The molecule has 0 saturated carbocycles. The molecule has 0 aliphatic heterocycles. The number of nitrogens with one attached hydrogen (secondary N) is 2. The molecule has 24 heavy (non-hydrogen) atoms. The number of halogens is 1. The van der Waals surface area contributed by atoms with Gasteiger partial charge in [0, 0.05) is 16.0 Å². The summed E-state index contributed by atoms with van der Waals surface area (Å²) in [5.74, 6) is -1.22. The Morgan fingerprint density at radius 2 is 1.67 bits per heavy atom. The van der Waals surface area contributed by atoms with Crippen molar-refractivity contribution in [3.8, 4) is 0 Å². The topological polar surface area (TPSA) is 84.5 Å². The maximum atomic E-state index is 12.0. The molecule has 0 aliphatic carbocycles. The first kappa shape index (κ1) is 20.3. The monoisotopic (exact) mass is 372 g/mol. The van der Waals surface area contributed by atoms with Gasteiger partial charge < -0.3 is 10.1 Å². The highest BCUT2D eigenvalue weighted by atomic mass is 35.5. The molecule has 8 heteroatoms. The van der Waals surface area contributed by atoms with E-state index < -0.39 is 29.3 Å².